The number of furan rings is 1. The van der Waals surface area contributed by atoms with Gasteiger partial charge in [-0.25, -0.2) is 0 Å². The van der Waals surface area contributed by atoms with Gasteiger partial charge < -0.3 is 19.8 Å². The molecule has 0 radical (unpaired) electrons. The van der Waals surface area contributed by atoms with Crippen molar-refractivity contribution >= 4 is 29.1 Å². The van der Waals surface area contributed by atoms with E-state index in [1.54, 1.807) is 55.6 Å². The molecule has 8 nitrogen and oxygen atoms in total. The summed E-state index contributed by atoms with van der Waals surface area (Å²) in [5.41, 5.74) is 3.73. The molecule has 40 heavy (non-hydrogen) atoms. The summed E-state index contributed by atoms with van der Waals surface area (Å²) in [5.74, 6) is -0.268. The van der Waals surface area contributed by atoms with Gasteiger partial charge in [-0.2, -0.15) is 0 Å². The number of hydrogen-bond donors (Lipinski definition) is 2. The minimum Gasteiger partial charge on any atom is -0.497 e. The number of hydrogen-bond acceptors (Lipinski definition) is 5. The Bertz CT molecular complexity index is 1460. The van der Waals surface area contributed by atoms with E-state index in [2.05, 4.69) is 10.6 Å². The summed E-state index contributed by atoms with van der Waals surface area (Å²) in [7, 11) is 1.55. The highest BCUT2D eigenvalue weighted by Crippen LogP contribution is 2.30. The molecule has 1 heterocycles. The molecule has 0 spiro atoms. The van der Waals surface area contributed by atoms with Crippen LogP contribution in [0.1, 0.15) is 28.5 Å². The highest BCUT2D eigenvalue weighted by molar-refractivity contribution is 6.10. The standard InChI is InChI=1S/C32H31N3O5/c1-22-6-10-24(11-7-22)31(32(38)33-21-28-5-4-20-40-28)35(26-14-16-27(39-3)17-15-26)30(37)19-18-29(36)34-25-12-8-23(2)9-13-25/h4-20,31H,21H2,1-3H3,(H,33,38)(H,34,36)/b19-18-/t31-/m0/s1. The zero-order valence-electron chi connectivity index (χ0n) is 22.6. The van der Waals surface area contributed by atoms with E-state index >= 15 is 0 Å². The van der Waals surface area contributed by atoms with Crippen LogP contribution in [0.4, 0.5) is 11.4 Å². The molecule has 0 aliphatic rings. The fourth-order valence-corrected chi connectivity index (χ4v) is 4.04. The molecule has 0 aliphatic heterocycles. The average molecular weight is 538 g/mol. The minimum atomic E-state index is -1.04. The number of methoxy groups -OCH3 is 1. The van der Waals surface area contributed by atoms with Crippen molar-refractivity contribution < 1.29 is 23.5 Å². The molecule has 3 amide bonds. The summed E-state index contributed by atoms with van der Waals surface area (Å²) < 4.78 is 10.6. The SMILES string of the molecule is COc1ccc(N(C(=O)/C=C\C(=O)Nc2ccc(C)cc2)[C@H](C(=O)NCc2ccco2)c2ccc(C)cc2)cc1. The number of aryl methyl sites for hydroxylation is 2. The smallest absolute Gasteiger partial charge is 0.252 e. The number of nitrogens with zero attached hydrogens (tertiary/aromatic N) is 1. The van der Waals surface area contributed by atoms with Crippen LogP contribution in [0.3, 0.4) is 0 Å². The van der Waals surface area contributed by atoms with Crippen LogP contribution in [-0.2, 0) is 20.9 Å². The average Bonchev–Trinajstić information content (AvgIpc) is 3.49. The third kappa shape index (κ3) is 7.26. The van der Waals surface area contributed by atoms with Crippen molar-refractivity contribution in [2.24, 2.45) is 0 Å². The molecule has 0 saturated heterocycles. The number of rotatable bonds is 10. The maximum atomic E-state index is 13.7. The maximum absolute atomic E-state index is 13.7. The van der Waals surface area contributed by atoms with Gasteiger partial charge >= 0.3 is 0 Å². The predicted molar refractivity (Wildman–Crippen MR) is 154 cm³/mol. The van der Waals surface area contributed by atoms with Crippen LogP contribution < -0.4 is 20.3 Å². The Kier molecular flexibility index (Phi) is 9.15. The van der Waals surface area contributed by atoms with Crippen molar-refractivity contribution in [3.8, 4) is 5.75 Å². The van der Waals surface area contributed by atoms with Crippen LogP contribution in [0.15, 0.2) is 108 Å². The van der Waals surface area contributed by atoms with Gasteiger partial charge in [0.05, 0.1) is 19.9 Å². The van der Waals surface area contributed by atoms with E-state index in [0.29, 0.717) is 28.4 Å². The number of nitrogens with one attached hydrogen (secondary N) is 2. The monoisotopic (exact) mass is 537 g/mol. The van der Waals surface area contributed by atoms with Crippen molar-refractivity contribution in [3.05, 3.63) is 126 Å². The van der Waals surface area contributed by atoms with Crippen molar-refractivity contribution in [1.29, 1.82) is 0 Å². The first-order valence-corrected chi connectivity index (χ1v) is 12.7. The van der Waals surface area contributed by atoms with E-state index in [-0.39, 0.29) is 6.54 Å². The maximum Gasteiger partial charge on any atom is 0.252 e. The fraction of sp³-hybridized carbons (Fsp3) is 0.156. The highest BCUT2D eigenvalue weighted by Gasteiger charge is 2.32. The molecule has 2 N–H and O–H groups in total. The summed E-state index contributed by atoms with van der Waals surface area (Å²) in [6, 6.07) is 23.9. The number of amides is 3. The molecule has 0 bridgehead atoms. The quantitative estimate of drug-likeness (QED) is 0.261. The van der Waals surface area contributed by atoms with Crippen LogP contribution in [0, 0.1) is 13.8 Å². The third-order valence-electron chi connectivity index (χ3n) is 6.20. The van der Waals surface area contributed by atoms with Gasteiger partial charge in [-0.3, -0.25) is 19.3 Å². The predicted octanol–water partition coefficient (Wildman–Crippen LogP) is 5.49. The van der Waals surface area contributed by atoms with Gasteiger partial charge in [0.15, 0.2) is 0 Å². The Morgan fingerprint density at radius 2 is 1.52 bits per heavy atom. The molecular weight excluding hydrogens is 506 g/mol. The lowest BCUT2D eigenvalue weighted by Gasteiger charge is -2.31. The molecule has 3 aromatic carbocycles. The molecular formula is C32H31N3O5. The third-order valence-corrected chi connectivity index (χ3v) is 6.20. The van der Waals surface area contributed by atoms with Crippen LogP contribution >= 0.6 is 0 Å². The molecule has 0 unspecified atom stereocenters. The molecule has 0 aliphatic carbocycles. The summed E-state index contributed by atoms with van der Waals surface area (Å²) in [6.45, 7) is 4.04. The molecule has 8 heteroatoms. The second-order valence-corrected chi connectivity index (χ2v) is 9.21. The topological polar surface area (TPSA) is 101 Å². The summed E-state index contributed by atoms with van der Waals surface area (Å²) in [5, 5.41) is 5.61. The Hall–Kier alpha value is -5.11. The van der Waals surface area contributed by atoms with Gasteiger partial charge in [0.2, 0.25) is 11.8 Å². The number of carbonyl (C=O) groups excluding carboxylic acids is 3. The Labute approximate surface area is 233 Å². The summed E-state index contributed by atoms with van der Waals surface area (Å²) in [6.07, 6.45) is 3.85. The first-order chi connectivity index (χ1) is 19.3. The van der Waals surface area contributed by atoms with Gasteiger partial charge in [-0.1, -0.05) is 47.5 Å². The van der Waals surface area contributed by atoms with Crippen molar-refractivity contribution in [2.45, 2.75) is 26.4 Å². The van der Waals surface area contributed by atoms with Crippen LogP contribution in [0.2, 0.25) is 0 Å². The molecule has 4 rings (SSSR count). The summed E-state index contributed by atoms with van der Waals surface area (Å²) >= 11 is 0. The number of carbonyl (C=O) groups is 3. The number of benzene rings is 3. The molecule has 4 aromatic rings. The molecule has 204 valence electrons. The van der Waals surface area contributed by atoms with E-state index in [0.717, 1.165) is 23.3 Å². The van der Waals surface area contributed by atoms with E-state index in [1.807, 2.05) is 50.2 Å². The lowest BCUT2D eigenvalue weighted by atomic mass is 10.0. The second-order valence-electron chi connectivity index (χ2n) is 9.21. The van der Waals surface area contributed by atoms with E-state index < -0.39 is 23.8 Å². The number of ether oxygens (including phenoxy) is 1. The lowest BCUT2D eigenvalue weighted by Crippen LogP contribution is -2.43. The largest absolute Gasteiger partial charge is 0.497 e. The molecule has 0 fully saturated rings. The summed E-state index contributed by atoms with van der Waals surface area (Å²) in [4.78, 5) is 41.4. The normalized spacial score (nSPS) is 11.6. The van der Waals surface area contributed by atoms with Gasteiger partial charge in [0, 0.05) is 23.5 Å². The van der Waals surface area contributed by atoms with Crippen molar-refractivity contribution in [1.82, 2.24) is 5.32 Å². The van der Waals surface area contributed by atoms with Crippen molar-refractivity contribution in [3.63, 3.8) is 0 Å². The Morgan fingerprint density at radius 3 is 2.12 bits per heavy atom. The van der Waals surface area contributed by atoms with Crippen LogP contribution in [-0.4, -0.2) is 24.8 Å². The van der Waals surface area contributed by atoms with Crippen molar-refractivity contribution in [2.75, 3.05) is 17.3 Å². The number of anilines is 2. The lowest BCUT2D eigenvalue weighted by molar-refractivity contribution is -0.125. The zero-order chi connectivity index (χ0) is 28.5. The Morgan fingerprint density at radius 1 is 0.875 bits per heavy atom. The zero-order valence-corrected chi connectivity index (χ0v) is 22.6. The van der Waals surface area contributed by atoms with Gasteiger partial charge in [-0.05, 0) is 67.9 Å². The van der Waals surface area contributed by atoms with Gasteiger partial charge in [0.1, 0.15) is 17.6 Å². The van der Waals surface area contributed by atoms with Crippen LogP contribution in [0.25, 0.3) is 0 Å². The first kappa shape index (κ1) is 27.9. The van der Waals surface area contributed by atoms with E-state index in [9.17, 15) is 14.4 Å². The van der Waals surface area contributed by atoms with Gasteiger partial charge in [-0.15, -0.1) is 0 Å². The van der Waals surface area contributed by atoms with E-state index in [1.165, 1.54) is 11.2 Å². The highest BCUT2D eigenvalue weighted by atomic mass is 16.5. The second kappa shape index (κ2) is 13.1. The van der Waals surface area contributed by atoms with E-state index in [4.69, 9.17) is 9.15 Å². The van der Waals surface area contributed by atoms with Crippen LogP contribution in [0.5, 0.6) is 5.75 Å². The molecule has 1 atom stereocenters. The fourth-order valence-electron chi connectivity index (χ4n) is 4.04. The first-order valence-electron chi connectivity index (χ1n) is 12.7. The van der Waals surface area contributed by atoms with Gasteiger partial charge in [0.25, 0.3) is 5.91 Å². The minimum absolute atomic E-state index is 0.146. The molecule has 1 aromatic heterocycles. The molecule has 0 saturated carbocycles. The Balaban J connectivity index is 1.67.